The highest BCUT2D eigenvalue weighted by Crippen LogP contribution is 2.41. The number of rotatable bonds is 5. The number of ether oxygens (including phenoxy) is 2. The zero-order chi connectivity index (χ0) is 15.4. The van der Waals surface area contributed by atoms with Gasteiger partial charge in [0.15, 0.2) is 0 Å². The zero-order valence-electron chi connectivity index (χ0n) is 12.3. The van der Waals surface area contributed by atoms with Crippen LogP contribution < -0.4 is 9.47 Å². The summed E-state index contributed by atoms with van der Waals surface area (Å²) in [4.78, 5) is 0.0531. The topological polar surface area (TPSA) is 18.5 Å². The Hall–Kier alpha value is -1.00. The van der Waals surface area contributed by atoms with E-state index in [4.69, 9.17) is 9.47 Å². The first-order valence-corrected chi connectivity index (χ1v) is 8.48. The predicted molar refractivity (Wildman–Crippen MR) is 93.8 cm³/mol. The Morgan fingerprint density at radius 1 is 1.10 bits per heavy atom. The van der Waals surface area contributed by atoms with Crippen LogP contribution in [0.15, 0.2) is 40.9 Å². The zero-order valence-corrected chi connectivity index (χ0v) is 15.5. The van der Waals surface area contributed by atoms with Crippen LogP contribution in [-0.4, -0.2) is 13.7 Å². The molecule has 0 aromatic heterocycles. The molecule has 2 rings (SSSR count). The molecule has 0 heterocycles. The Morgan fingerprint density at radius 2 is 1.86 bits per heavy atom. The van der Waals surface area contributed by atoms with Gasteiger partial charge in [-0.2, -0.15) is 0 Å². The molecule has 0 spiro atoms. The van der Waals surface area contributed by atoms with Gasteiger partial charge in [0.05, 0.1) is 18.5 Å². The van der Waals surface area contributed by atoms with Crippen LogP contribution >= 0.6 is 31.9 Å². The summed E-state index contributed by atoms with van der Waals surface area (Å²) < 4.78 is 12.0. The van der Waals surface area contributed by atoms with Gasteiger partial charge in [0.25, 0.3) is 0 Å². The van der Waals surface area contributed by atoms with Gasteiger partial charge in [0.1, 0.15) is 11.5 Å². The van der Waals surface area contributed by atoms with Crippen LogP contribution in [0.5, 0.6) is 11.5 Å². The molecule has 0 aliphatic carbocycles. The molecule has 0 saturated carbocycles. The molecule has 0 fully saturated rings. The van der Waals surface area contributed by atoms with Gasteiger partial charge in [-0.05, 0) is 37.6 Å². The van der Waals surface area contributed by atoms with Crippen molar-refractivity contribution in [3.8, 4) is 11.5 Å². The molecule has 1 atom stereocenters. The summed E-state index contributed by atoms with van der Waals surface area (Å²) >= 11 is 7.41. The lowest BCUT2D eigenvalue weighted by atomic mass is 10.0. The molecule has 1 unspecified atom stereocenters. The third-order valence-electron chi connectivity index (χ3n) is 3.21. The second kappa shape index (κ2) is 7.32. The molecule has 0 saturated heterocycles. The van der Waals surface area contributed by atoms with E-state index in [9.17, 15) is 0 Å². The fourth-order valence-electron chi connectivity index (χ4n) is 2.19. The summed E-state index contributed by atoms with van der Waals surface area (Å²) in [5.41, 5.74) is 3.46. The van der Waals surface area contributed by atoms with E-state index in [0.29, 0.717) is 6.61 Å². The number of alkyl halides is 1. The Balaban J connectivity index is 2.40. The summed E-state index contributed by atoms with van der Waals surface area (Å²) in [7, 11) is 1.70. The van der Waals surface area contributed by atoms with E-state index in [1.165, 1.54) is 5.56 Å². The van der Waals surface area contributed by atoms with E-state index >= 15 is 0 Å². The maximum atomic E-state index is 5.52. The van der Waals surface area contributed by atoms with Gasteiger partial charge in [-0.1, -0.05) is 55.6 Å². The lowest BCUT2D eigenvalue weighted by Gasteiger charge is -2.17. The number of hydrogen-bond acceptors (Lipinski definition) is 2. The first-order chi connectivity index (χ1) is 10.1. The summed E-state index contributed by atoms with van der Waals surface area (Å²) in [6.45, 7) is 4.72. The van der Waals surface area contributed by atoms with Crippen molar-refractivity contribution in [3.05, 3.63) is 57.6 Å². The fraction of sp³-hybridized carbons (Fsp3) is 0.294. The van der Waals surface area contributed by atoms with Crippen molar-refractivity contribution < 1.29 is 9.47 Å². The molecule has 0 aliphatic heterocycles. The minimum atomic E-state index is 0.0531. The van der Waals surface area contributed by atoms with Crippen molar-refractivity contribution in [2.45, 2.75) is 18.7 Å². The Morgan fingerprint density at radius 3 is 2.48 bits per heavy atom. The van der Waals surface area contributed by atoms with Gasteiger partial charge in [-0.3, -0.25) is 0 Å². The monoisotopic (exact) mass is 412 g/mol. The summed E-state index contributed by atoms with van der Waals surface area (Å²) in [6, 6.07) is 12.2. The number of methoxy groups -OCH3 is 1. The minimum Gasteiger partial charge on any atom is -0.496 e. The van der Waals surface area contributed by atoms with E-state index in [1.54, 1.807) is 7.11 Å². The molecular weight excluding hydrogens is 396 g/mol. The Labute approximate surface area is 142 Å². The maximum absolute atomic E-state index is 5.52. The van der Waals surface area contributed by atoms with Crippen LogP contribution in [0.25, 0.3) is 0 Å². The average molecular weight is 414 g/mol. The molecule has 0 radical (unpaired) electrons. The lowest BCUT2D eigenvalue weighted by molar-refractivity contribution is 0.340. The number of hydrogen-bond donors (Lipinski definition) is 0. The highest BCUT2D eigenvalue weighted by Gasteiger charge is 2.18. The van der Waals surface area contributed by atoms with Crippen molar-refractivity contribution in [1.82, 2.24) is 0 Å². The predicted octanol–water partition coefficient (Wildman–Crippen LogP) is 5.65. The largest absolute Gasteiger partial charge is 0.496 e. The third kappa shape index (κ3) is 3.80. The van der Waals surface area contributed by atoms with Crippen molar-refractivity contribution in [3.63, 3.8) is 0 Å². The molecule has 0 N–H and O–H groups in total. The van der Waals surface area contributed by atoms with E-state index < -0.39 is 0 Å². The lowest BCUT2D eigenvalue weighted by Crippen LogP contribution is -1.99. The second-order valence-corrected chi connectivity index (χ2v) is 6.49. The number of halogens is 2. The third-order valence-corrected chi connectivity index (χ3v) is 4.89. The van der Waals surface area contributed by atoms with Gasteiger partial charge in [-0.25, -0.2) is 0 Å². The fourth-order valence-corrected chi connectivity index (χ4v) is 3.84. The number of benzene rings is 2. The normalized spacial score (nSPS) is 12.0. The van der Waals surface area contributed by atoms with Crippen LogP contribution in [-0.2, 0) is 0 Å². The van der Waals surface area contributed by atoms with Crippen LogP contribution in [0.4, 0.5) is 0 Å². The minimum absolute atomic E-state index is 0.0531. The van der Waals surface area contributed by atoms with E-state index in [1.807, 2.05) is 25.1 Å². The second-order valence-electron chi connectivity index (χ2n) is 4.72. The van der Waals surface area contributed by atoms with E-state index in [2.05, 4.69) is 57.0 Å². The molecule has 4 heteroatoms. The molecule has 2 aromatic rings. The van der Waals surface area contributed by atoms with Crippen molar-refractivity contribution in [2.24, 2.45) is 0 Å². The van der Waals surface area contributed by atoms with Crippen LogP contribution in [0, 0.1) is 6.92 Å². The summed E-state index contributed by atoms with van der Waals surface area (Å²) in [6.07, 6.45) is 0. The SMILES string of the molecule is CCOc1ccc(C(Br)c2cc(C)ccc2OC)c(Br)c1. The van der Waals surface area contributed by atoms with Crippen LogP contribution in [0.1, 0.15) is 28.4 Å². The summed E-state index contributed by atoms with van der Waals surface area (Å²) in [5.74, 6) is 1.74. The molecule has 0 bridgehead atoms. The van der Waals surface area contributed by atoms with Crippen molar-refractivity contribution >= 4 is 31.9 Å². The maximum Gasteiger partial charge on any atom is 0.123 e. The first-order valence-electron chi connectivity index (χ1n) is 6.77. The molecule has 0 amide bonds. The van der Waals surface area contributed by atoms with E-state index in [-0.39, 0.29) is 4.83 Å². The quantitative estimate of drug-likeness (QED) is 0.589. The first kappa shape index (κ1) is 16.4. The van der Waals surface area contributed by atoms with E-state index in [0.717, 1.165) is 27.1 Å². The summed E-state index contributed by atoms with van der Waals surface area (Å²) in [5, 5.41) is 0. The molecule has 2 nitrogen and oxygen atoms in total. The van der Waals surface area contributed by atoms with Gasteiger partial charge in [0.2, 0.25) is 0 Å². The molecule has 0 aliphatic rings. The molecule has 2 aromatic carbocycles. The van der Waals surface area contributed by atoms with Crippen molar-refractivity contribution in [1.29, 1.82) is 0 Å². The Kier molecular flexibility index (Phi) is 5.71. The standard InChI is InChI=1S/C17H18Br2O2/c1-4-21-12-6-7-13(15(18)10-12)17(19)14-9-11(2)5-8-16(14)20-3/h5-10,17H,4H2,1-3H3. The van der Waals surface area contributed by atoms with Gasteiger partial charge in [0, 0.05) is 10.0 Å². The van der Waals surface area contributed by atoms with Gasteiger partial charge < -0.3 is 9.47 Å². The molecule has 21 heavy (non-hydrogen) atoms. The van der Waals surface area contributed by atoms with Crippen molar-refractivity contribution in [2.75, 3.05) is 13.7 Å². The highest BCUT2D eigenvalue weighted by molar-refractivity contribution is 9.11. The molecular formula is C17H18Br2O2. The smallest absolute Gasteiger partial charge is 0.123 e. The Bertz CT molecular complexity index is 626. The average Bonchev–Trinajstić information content (AvgIpc) is 2.47. The van der Waals surface area contributed by atoms with Crippen LogP contribution in [0.3, 0.4) is 0 Å². The van der Waals surface area contributed by atoms with Gasteiger partial charge in [-0.15, -0.1) is 0 Å². The van der Waals surface area contributed by atoms with Gasteiger partial charge >= 0.3 is 0 Å². The van der Waals surface area contributed by atoms with Crippen LogP contribution in [0.2, 0.25) is 0 Å². The molecule has 112 valence electrons. The number of aryl methyl sites for hydroxylation is 1. The highest BCUT2D eigenvalue weighted by atomic mass is 79.9.